The fraction of sp³-hybridized carbons (Fsp3) is 0.154. The van der Waals surface area contributed by atoms with Gasteiger partial charge in [0, 0.05) is 11.2 Å². The van der Waals surface area contributed by atoms with Crippen LogP contribution in [-0.2, 0) is 0 Å². The highest BCUT2D eigenvalue weighted by Gasteiger charge is 2.09. The summed E-state index contributed by atoms with van der Waals surface area (Å²) < 4.78 is 13.8. The number of nitrogens with one attached hydrogen (secondary N) is 1. The molecule has 2 nitrogen and oxygen atoms in total. The van der Waals surface area contributed by atoms with Crippen molar-refractivity contribution >= 4 is 27.3 Å². The molecule has 1 aromatic heterocycles. The first-order valence-corrected chi connectivity index (χ1v) is 6.10. The number of benzene rings is 1. The summed E-state index contributed by atoms with van der Waals surface area (Å²) in [7, 11) is 0. The summed E-state index contributed by atoms with van der Waals surface area (Å²) in [6.45, 7) is 4.16. The Kier molecular flexibility index (Phi) is 3.54. The maximum atomic E-state index is 13.0. The van der Waals surface area contributed by atoms with Crippen molar-refractivity contribution in [2.24, 2.45) is 0 Å². The summed E-state index contributed by atoms with van der Waals surface area (Å²) in [5.41, 5.74) is 0. The average Bonchev–Trinajstić information content (AvgIpc) is 2.72. The van der Waals surface area contributed by atoms with Crippen LogP contribution in [0.2, 0.25) is 0 Å². The molecular formula is C13H12FNOS. The topological polar surface area (TPSA) is 29.1 Å². The molecule has 2 rings (SSSR count). The van der Waals surface area contributed by atoms with E-state index in [1.807, 2.05) is 0 Å². The number of halogens is 1. The minimum atomic E-state index is -0.280. The first-order valence-electron chi connectivity index (χ1n) is 5.29. The Balaban J connectivity index is 2.18. The third-order valence-corrected chi connectivity index (χ3v) is 3.44. The summed E-state index contributed by atoms with van der Waals surface area (Å²) in [5.74, 6) is -0.397. The monoisotopic (exact) mass is 249 g/mol. The third kappa shape index (κ3) is 2.71. The Hall–Kier alpha value is -1.68. The van der Waals surface area contributed by atoms with Crippen LogP contribution in [0.1, 0.15) is 16.1 Å². The van der Waals surface area contributed by atoms with Crippen molar-refractivity contribution in [3.8, 4) is 0 Å². The van der Waals surface area contributed by atoms with Crippen molar-refractivity contribution in [3.63, 3.8) is 0 Å². The Labute approximate surface area is 103 Å². The van der Waals surface area contributed by atoms with Gasteiger partial charge in [-0.15, -0.1) is 17.9 Å². The van der Waals surface area contributed by atoms with Crippen LogP contribution in [0.5, 0.6) is 0 Å². The van der Waals surface area contributed by atoms with E-state index in [4.69, 9.17) is 0 Å². The second-order valence-corrected chi connectivity index (χ2v) is 4.71. The Morgan fingerprint density at radius 1 is 1.47 bits per heavy atom. The van der Waals surface area contributed by atoms with Gasteiger partial charge in [-0.2, -0.15) is 0 Å². The minimum Gasteiger partial charge on any atom is -0.351 e. The van der Waals surface area contributed by atoms with Crippen LogP contribution in [0, 0.1) is 5.82 Å². The summed E-state index contributed by atoms with van der Waals surface area (Å²) in [4.78, 5) is 12.4. The zero-order chi connectivity index (χ0) is 12.3. The molecule has 1 N–H and O–H groups in total. The highest BCUT2D eigenvalue weighted by molar-refractivity contribution is 7.20. The van der Waals surface area contributed by atoms with Gasteiger partial charge < -0.3 is 5.32 Å². The van der Waals surface area contributed by atoms with Crippen molar-refractivity contribution in [2.45, 2.75) is 6.42 Å². The van der Waals surface area contributed by atoms with Gasteiger partial charge in [0.15, 0.2) is 0 Å². The van der Waals surface area contributed by atoms with E-state index in [2.05, 4.69) is 11.9 Å². The molecule has 0 aliphatic heterocycles. The molecule has 1 heterocycles. The van der Waals surface area contributed by atoms with Crippen LogP contribution in [0.15, 0.2) is 36.9 Å². The Morgan fingerprint density at radius 3 is 3.06 bits per heavy atom. The summed E-state index contributed by atoms with van der Waals surface area (Å²) >= 11 is 1.30. The molecule has 88 valence electrons. The molecule has 17 heavy (non-hydrogen) atoms. The highest BCUT2D eigenvalue weighted by Crippen LogP contribution is 2.26. The molecule has 2 aromatic rings. The molecule has 0 saturated heterocycles. The number of amides is 1. The van der Waals surface area contributed by atoms with Crippen molar-refractivity contribution in [1.82, 2.24) is 5.32 Å². The molecule has 0 radical (unpaired) electrons. The number of fused-ring (bicyclic) bond motifs is 1. The van der Waals surface area contributed by atoms with E-state index in [-0.39, 0.29) is 11.7 Å². The predicted molar refractivity (Wildman–Crippen MR) is 68.9 cm³/mol. The zero-order valence-electron chi connectivity index (χ0n) is 9.20. The van der Waals surface area contributed by atoms with Gasteiger partial charge in [0.2, 0.25) is 0 Å². The van der Waals surface area contributed by atoms with Crippen molar-refractivity contribution in [2.75, 3.05) is 6.54 Å². The zero-order valence-corrected chi connectivity index (χ0v) is 10.0. The second-order valence-electron chi connectivity index (χ2n) is 3.63. The molecule has 0 aliphatic rings. The lowest BCUT2D eigenvalue weighted by Gasteiger charge is -1.99. The molecule has 0 bridgehead atoms. The summed E-state index contributed by atoms with van der Waals surface area (Å²) in [5, 5.41) is 3.68. The molecule has 0 unspecified atom stereocenters. The molecule has 0 aliphatic carbocycles. The first kappa shape index (κ1) is 11.8. The quantitative estimate of drug-likeness (QED) is 0.653. The van der Waals surface area contributed by atoms with Crippen molar-refractivity contribution in [1.29, 1.82) is 0 Å². The third-order valence-electron chi connectivity index (χ3n) is 2.34. The van der Waals surface area contributed by atoms with E-state index in [0.29, 0.717) is 11.4 Å². The van der Waals surface area contributed by atoms with E-state index in [9.17, 15) is 9.18 Å². The van der Waals surface area contributed by atoms with Crippen molar-refractivity contribution in [3.05, 3.63) is 47.6 Å². The molecule has 1 amide bonds. The van der Waals surface area contributed by atoms with E-state index in [0.717, 1.165) is 16.5 Å². The predicted octanol–water partition coefficient (Wildman–Crippen LogP) is 3.35. The van der Waals surface area contributed by atoms with Gasteiger partial charge in [0.1, 0.15) is 5.82 Å². The molecule has 0 spiro atoms. The Bertz CT molecular complexity index is 562. The number of hydrogen-bond acceptors (Lipinski definition) is 2. The first-order chi connectivity index (χ1) is 8.20. The van der Waals surface area contributed by atoms with Crippen LogP contribution in [0.25, 0.3) is 10.1 Å². The molecular weight excluding hydrogens is 237 g/mol. The van der Waals surface area contributed by atoms with Crippen LogP contribution >= 0.6 is 11.3 Å². The van der Waals surface area contributed by atoms with Gasteiger partial charge in [0.25, 0.3) is 5.91 Å². The summed E-state index contributed by atoms with van der Waals surface area (Å²) in [6.07, 6.45) is 2.49. The minimum absolute atomic E-state index is 0.117. The molecule has 1 aromatic carbocycles. The van der Waals surface area contributed by atoms with E-state index in [1.54, 1.807) is 18.2 Å². The highest BCUT2D eigenvalue weighted by atomic mass is 32.1. The van der Waals surface area contributed by atoms with E-state index >= 15 is 0 Å². The van der Waals surface area contributed by atoms with Gasteiger partial charge in [-0.25, -0.2) is 4.39 Å². The number of rotatable bonds is 4. The van der Waals surface area contributed by atoms with Gasteiger partial charge in [-0.1, -0.05) is 12.1 Å². The number of hydrogen-bond donors (Lipinski definition) is 1. The largest absolute Gasteiger partial charge is 0.351 e. The standard InChI is InChI=1S/C13H12FNOS/c1-2-3-6-15-13(16)12-7-9-4-5-10(14)8-11(9)17-12/h2,4-5,7-8H,1,3,6H2,(H,15,16). The maximum absolute atomic E-state index is 13.0. The smallest absolute Gasteiger partial charge is 0.261 e. The van der Waals surface area contributed by atoms with E-state index < -0.39 is 0 Å². The number of carbonyl (C=O) groups is 1. The Morgan fingerprint density at radius 2 is 2.29 bits per heavy atom. The second kappa shape index (κ2) is 5.10. The van der Waals surface area contributed by atoms with E-state index in [1.165, 1.54) is 23.5 Å². The normalized spacial score (nSPS) is 10.4. The van der Waals surface area contributed by atoms with Crippen LogP contribution in [0.4, 0.5) is 4.39 Å². The molecule has 0 fully saturated rings. The van der Waals surface area contributed by atoms with Gasteiger partial charge in [0.05, 0.1) is 4.88 Å². The fourth-order valence-corrected chi connectivity index (χ4v) is 2.50. The fourth-order valence-electron chi connectivity index (χ4n) is 1.49. The van der Waals surface area contributed by atoms with Crippen LogP contribution < -0.4 is 5.32 Å². The van der Waals surface area contributed by atoms with Crippen molar-refractivity contribution < 1.29 is 9.18 Å². The average molecular weight is 249 g/mol. The van der Waals surface area contributed by atoms with Crippen LogP contribution in [-0.4, -0.2) is 12.5 Å². The van der Waals surface area contributed by atoms with Gasteiger partial charge >= 0.3 is 0 Å². The van der Waals surface area contributed by atoms with Crippen LogP contribution in [0.3, 0.4) is 0 Å². The molecule has 0 atom stereocenters. The molecule has 0 saturated carbocycles. The lowest BCUT2D eigenvalue weighted by Crippen LogP contribution is -2.22. The van der Waals surface area contributed by atoms with Gasteiger partial charge in [-0.3, -0.25) is 4.79 Å². The number of carbonyl (C=O) groups excluding carboxylic acids is 1. The maximum Gasteiger partial charge on any atom is 0.261 e. The summed E-state index contributed by atoms with van der Waals surface area (Å²) in [6, 6.07) is 6.30. The molecule has 4 heteroatoms. The van der Waals surface area contributed by atoms with Gasteiger partial charge in [-0.05, 0) is 30.0 Å². The number of thiophene rings is 1. The lowest BCUT2D eigenvalue weighted by molar-refractivity contribution is 0.0958. The SMILES string of the molecule is C=CCCNC(=O)c1cc2ccc(F)cc2s1. The lowest BCUT2D eigenvalue weighted by atomic mass is 10.2.